The Morgan fingerprint density at radius 1 is 1.11 bits per heavy atom. The minimum Gasteiger partial charge on any atom is -0.453 e. The number of fused-ring (bicyclic) bond motifs is 2. The number of aromatic amines is 1. The predicted octanol–water partition coefficient (Wildman–Crippen LogP) is 4.78. The Bertz CT molecular complexity index is 1360. The van der Waals surface area contributed by atoms with Gasteiger partial charge in [-0.2, -0.15) is 5.10 Å². The fraction of sp³-hybridized carbons (Fsp3) is 0.385. The van der Waals surface area contributed by atoms with E-state index in [-0.39, 0.29) is 6.79 Å². The van der Waals surface area contributed by atoms with E-state index in [0.717, 1.165) is 83.7 Å². The van der Waals surface area contributed by atoms with Crippen molar-refractivity contribution >= 4 is 33.9 Å². The molecule has 182 valence electrons. The second kappa shape index (κ2) is 9.00. The van der Waals surface area contributed by atoms with Gasteiger partial charge in [-0.05, 0) is 31.0 Å². The van der Waals surface area contributed by atoms with Crippen LogP contribution in [-0.2, 0) is 13.0 Å². The van der Waals surface area contributed by atoms with E-state index in [0.29, 0.717) is 6.54 Å². The summed E-state index contributed by atoms with van der Waals surface area (Å²) in [7, 11) is 0. The first-order valence-electron chi connectivity index (χ1n) is 12.2. The van der Waals surface area contributed by atoms with E-state index < -0.39 is 0 Å². The van der Waals surface area contributed by atoms with Crippen molar-refractivity contribution in [2.24, 2.45) is 0 Å². The summed E-state index contributed by atoms with van der Waals surface area (Å²) in [4.78, 5) is 12.3. The summed E-state index contributed by atoms with van der Waals surface area (Å²) in [6.07, 6.45) is 5.54. The Morgan fingerprint density at radius 2 is 1.94 bits per heavy atom. The number of nitrogens with one attached hydrogen (secondary N) is 1. The van der Waals surface area contributed by atoms with Crippen molar-refractivity contribution in [3.05, 3.63) is 58.8 Å². The lowest BCUT2D eigenvalue weighted by atomic mass is 10.1. The van der Waals surface area contributed by atoms with E-state index in [2.05, 4.69) is 45.7 Å². The van der Waals surface area contributed by atoms with Crippen molar-refractivity contribution in [2.45, 2.75) is 33.2 Å². The lowest BCUT2D eigenvalue weighted by Crippen LogP contribution is -2.47. The zero-order valence-electron chi connectivity index (χ0n) is 20.1. The molecular formula is C26H29ClN6O2. The standard InChI is InChI=1S/C26H29ClN6O2/c1-3-5-20-24-22(33(30-20)14-18-13-28-15-29-18)12-23-26(35-16-34-23)25(24)32-10-8-31(9-11-32)21-7-4-6-19(27)17(21)2/h4,6-7,12-13,15H,3,5,8-11,14,16H2,1-2H3,(H,28,29). The number of aromatic nitrogens is 4. The van der Waals surface area contributed by atoms with Crippen molar-refractivity contribution in [3.63, 3.8) is 0 Å². The molecule has 2 aromatic carbocycles. The van der Waals surface area contributed by atoms with Crippen LogP contribution in [-0.4, -0.2) is 52.7 Å². The monoisotopic (exact) mass is 492 g/mol. The maximum absolute atomic E-state index is 6.40. The van der Waals surface area contributed by atoms with Crippen LogP contribution < -0.4 is 19.3 Å². The molecule has 2 aromatic heterocycles. The molecule has 6 rings (SSSR count). The smallest absolute Gasteiger partial charge is 0.231 e. The predicted molar refractivity (Wildman–Crippen MR) is 138 cm³/mol. The van der Waals surface area contributed by atoms with E-state index in [1.54, 1.807) is 6.33 Å². The van der Waals surface area contributed by atoms with Crippen LogP contribution in [0.1, 0.15) is 30.3 Å². The van der Waals surface area contributed by atoms with E-state index >= 15 is 0 Å². The van der Waals surface area contributed by atoms with Crippen molar-refractivity contribution < 1.29 is 9.47 Å². The zero-order valence-corrected chi connectivity index (χ0v) is 20.8. The van der Waals surface area contributed by atoms with Crippen LogP contribution in [0.4, 0.5) is 11.4 Å². The number of aryl methyl sites for hydroxylation is 1. The molecule has 4 heterocycles. The molecule has 0 aliphatic carbocycles. The summed E-state index contributed by atoms with van der Waals surface area (Å²) >= 11 is 6.40. The summed E-state index contributed by atoms with van der Waals surface area (Å²) in [5, 5.41) is 7.01. The van der Waals surface area contributed by atoms with Gasteiger partial charge in [-0.3, -0.25) is 4.68 Å². The SMILES string of the molecule is CCCc1nn(Cc2c[nH]cn2)c2cc3c(c(N4CCN(c5cccc(Cl)c5C)CC4)c12)OCO3. The third-order valence-electron chi connectivity index (χ3n) is 6.95. The van der Waals surface area contributed by atoms with Crippen LogP contribution in [0.25, 0.3) is 10.9 Å². The number of rotatable bonds is 6. The molecule has 0 atom stereocenters. The van der Waals surface area contributed by atoms with Crippen LogP contribution in [0.3, 0.4) is 0 Å². The minimum absolute atomic E-state index is 0.243. The van der Waals surface area contributed by atoms with Gasteiger partial charge >= 0.3 is 0 Å². The van der Waals surface area contributed by atoms with E-state index in [9.17, 15) is 0 Å². The number of imidazole rings is 1. The van der Waals surface area contributed by atoms with Gasteiger partial charge in [-0.1, -0.05) is 31.0 Å². The molecule has 8 nitrogen and oxygen atoms in total. The lowest BCUT2D eigenvalue weighted by Gasteiger charge is -2.38. The molecule has 0 unspecified atom stereocenters. The molecule has 1 fully saturated rings. The van der Waals surface area contributed by atoms with Crippen LogP contribution in [0.2, 0.25) is 5.02 Å². The summed E-state index contributed by atoms with van der Waals surface area (Å²) < 4.78 is 14.0. The van der Waals surface area contributed by atoms with Gasteiger partial charge in [0.25, 0.3) is 0 Å². The van der Waals surface area contributed by atoms with Crippen LogP contribution in [0.15, 0.2) is 36.8 Å². The zero-order chi connectivity index (χ0) is 23.9. The molecule has 4 aromatic rings. The molecule has 0 amide bonds. The lowest BCUT2D eigenvalue weighted by molar-refractivity contribution is 0.174. The van der Waals surface area contributed by atoms with Crippen LogP contribution in [0, 0.1) is 6.92 Å². The number of piperazine rings is 1. The summed E-state index contributed by atoms with van der Waals surface area (Å²) in [6, 6.07) is 8.21. The highest BCUT2D eigenvalue weighted by molar-refractivity contribution is 6.31. The highest BCUT2D eigenvalue weighted by atomic mass is 35.5. The average molecular weight is 493 g/mol. The van der Waals surface area contributed by atoms with Crippen LogP contribution >= 0.6 is 11.6 Å². The van der Waals surface area contributed by atoms with Gasteiger partial charge in [0.2, 0.25) is 6.79 Å². The van der Waals surface area contributed by atoms with Crippen LogP contribution in [0.5, 0.6) is 11.5 Å². The highest BCUT2D eigenvalue weighted by Crippen LogP contribution is 2.48. The molecule has 0 spiro atoms. The first kappa shape index (κ1) is 22.1. The van der Waals surface area contributed by atoms with E-state index in [4.69, 9.17) is 26.2 Å². The number of H-pyrrole nitrogens is 1. The molecule has 1 saturated heterocycles. The topological polar surface area (TPSA) is 71.4 Å². The van der Waals surface area contributed by atoms with Crippen molar-refractivity contribution in [1.82, 2.24) is 19.7 Å². The quantitative estimate of drug-likeness (QED) is 0.418. The second-order valence-corrected chi connectivity index (χ2v) is 9.53. The summed E-state index contributed by atoms with van der Waals surface area (Å²) in [5.41, 5.74) is 6.55. The number of anilines is 2. The maximum atomic E-state index is 6.40. The van der Waals surface area contributed by atoms with Crippen molar-refractivity contribution in [2.75, 3.05) is 42.8 Å². The average Bonchev–Trinajstić information content (AvgIpc) is 3.62. The Morgan fingerprint density at radius 3 is 2.71 bits per heavy atom. The number of hydrogen-bond acceptors (Lipinski definition) is 6. The van der Waals surface area contributed by atoms with Gasteiger partial charge < -0.3 is 24.3 Å². The molecule has 35 heavy (non-hydrogen) atoms. The van der Waals surface area contributed by atoms with Gasteiger partial charge in [0.15, 0.2) is 11.5 Å². The Balaban J connectivity index is 1.39. The fourth-order valence-corrected chi connectivity index (χ4v) is 5.39. The normalized spacial score (nSPS) is 15.4. The van der Waals surface area contributed by atoms with E-state index in [1.165, 1.54) is 11.1 Å². The van der Waals surface area contributed by atoms with Crippen molar-refractivity contribution in [3.8, 4) is 11.5 Å². The number of halogens is 1. The molecule has 0 radical (unpaired) electrons. The van der Waals surface area contributed by atoms with Gasteiger partial charge in [-0.25, -0.2) is 4.98 Å². The third-order valence-corrected chi connectivity index (χ3v) is 7.36. The summed E-state index contributed by atoms with van der Waals surface area (Å²) in [5.74, 6) is 1.62. The van der Waals surface area contributed by atoms with E-state index in [1.807, 2.05) is 23.0 Å². The molecule has 9 heteroatoms. The largest absolute Gasteiger partial charge is 0.453 e. The van der Waals surface area contributed by atoms with Gasteiger partial charge in [0.05, 0.1) is 40.9 Å². The molecule has 0 saturated carbocycles. The van der Waals surface area contributed by atoms with Gasteiger partial charge in [0, 0.05) is 49.2 Å². The summed E-state index contributed by atoms with van der Waals surface area (Å²) in [6.45, 7) is 8.67. The first-order valence-corrected chi connectivity index (χ1v) is 12.6. The number of benzene rings is 2. The van der Waals surface area contributed by atoms with Gasteiger partial charge in [-0.15, -0.1) is 0 Å². The fourth-order valence-electron chi connectivity index (χ4n) is 5.22. The first-order chi connectivity index (χ1) is 17.1. The third kappa shape index (κ3) is 3.86. The second-order valence-electron chi connectivity index (χ2n) is 9.13. The molecular weight excluding hydrogens is 464 g/mol. The highest BCUT2D eigenvalue weighted by Gasteiger charge is 2.31. The molecule has 1 N–H and O–H groups in total. The molecule has 0 bridgehead atoms. The minimum atomic E-state index is 0.243. The maximum Gasteiger partial charge on any atom is 0.231 e. The van der Waals surface area contributed by atoms with Gasteiger partial charge in [0.1, 0.15) is 0 Å². The number of nitrogens with zero attached hydrogens (tertiary/aromatic N) is 5. The number of ether oxygens (including phenoxy) is 2. The Hall–Kier alpha value is -3.39. The Labute approximate surface area is 209 Å². The number of hydrogen-bond donors (Lipinski definition) is 1. The molecule has 2 aliphatic rings. The van der Waals surface area contributed by atoms with Crippen molar-refractivity contribution in [1.29, 1.82) is 0 Å². The molecule has 2 aliphatic heterocycles. The Kier molecular flexibility index (Phi) is 5.68.